The first-order valence-corrected chi connectivity index (χ1v) is 14.5. The summed E-state index contributed by atoms with van der Waals surface area (Å²) in [6, 6.07) is -3.43. The molecule has 0 spiro atoms. The molecule has 2 heterocycles. The number of aliphatic hydroxyl groups is 7. The lowest BCUT2D eigenvalue weighted by molar-refractivity contribution is -0.312. The third-order valence-corrected chi connectivity index (χ3v) is 8.47. The second kappa shape index (κ2) is 14.3. The van der Waals surface area contributed by atoms with Crippen LogP contribution in [-0.2, 0) is 18.9 Å². The number of nitrogens with zero attached hydrogens (tertiary/aromatic N) is 1. The zero-order chi connectivity index (χ0) is 30.8. The molecule has 2 aliphatic carbocycles. The molecule has 42 heavy (non-hydrogen) atoms. The van der Waals surface area contributed by atoms with E-state index in [0.29, 0.717) is 32.2 Å². The monoisotopic (exact) mass is 608 g/mol. The van der Waals surface area contributed by atoms with Crippen molar-refractivity contribution < 1.29 is 54.7 Å². The minimum Gasteiger partial charge on any atom is -0.394 e. The molecule has 0 radical (unpaired) electrons. The van der Waals surface area contributed by atoms with Crippen LogP contribution in [0.5, 0.6) is 0 Å². The van der Waals surface area contributed by atoms with Gasteiger partial charge in [0.2, 0.25) is 0 Å². The maximum atomic E-state index is 11.5. The standard InChI is InChI=1S/C25H48N6O11/c26-12-2-1-11(7-30-6-10(34)8-32)39-22(12)41-20-13(27)5-14(31-24(29)25(38)3-4-25)21(19(20)37)42-23-18(36)16(28)17(35)15(9-33)40-23/h10-23,30,32-38H,1-9,26-28H2,(H2,29,31). The van der Waals surface area contributed by atoms with Gasteiger partial charge < -0.3 is 82.9 Å². The number of nitrogens with one attached hydrogen (secondary N) is 1. The molecule has 14 atom stereocenters. The first-order chi connectivity index (χ1) is 19.9. The molecule has 0 aromatic carbocycles. The molecule has 0 bridgehead atoms. The van der Waals surface area contributed by atoms with E-state index in [0.717, 1.165) is 0 Å². The van der Waals surface area contributed by atoms with Crippen LogP contribution in [0.15, 0.2) is 4.99 Å². The zero-order valence-corrected chi connectivity index (χ0v) is 23.5. The van der Waals surface area contributed by atoms with Gasteiger partial charge in [-0.15, -0.1) is 0 Å². The van der Waals surface area contributed by atoms with Gasteiger partial charge in [-0.1, -0.05) is 0 Å². The second-order valence-electron chi connectivity index (χ2n) is 11.9. The molecule has 0 aromatic rings. The van der Waals surface area contributed by atoms with Crippen molar-refractivity contribution in [3.05, 3.63) is 0 Å². The zero-order valence-electron chi connectivity index (χ0n) is 23.5. The lowest BCUT2D eigenvalue weighted by Crippen LogP contribution is -2.66. The number of hydrogen-bond donors (Lipinski definition) is 12. The van der Waals surface area contributed by atoms with Crippen LogP contribution < -0.4 is 28.3 Å². The number of hydrogen-bond acceptors (Lipinski definition) is 16. The molecule has 2 saturated heterocycles. The summed E-state index contributed by atoms with van der Waals surface area (Å²) >= 11 is 0. The average molecular weight is 609 g/mol. The van der Waals surface area contributed by atoms with E-state index in [9.17, 15) is 30.6 Å². The molecular weight excluding hydrogens is 560 g/mol. The Kier molecular flexibility index (Phi) is 11.5. The van der Waals surface area contributed by atoms with Gasteiger partial charge in [0.05, 0.1) is 43.5 Å². The maximum Gasteiger partial charge on any atom is 0.186 e. The van der Waals surface area contributed by atoms with Gasteiger partial charge in [-0.25, -0.2) is 0 Å². The van der Waals surface area contributed by atoms with E-state index < -0.39 is 91.7 Å². The van der Waals surface area contributed by atoms with Gasteiger partial charge in [0.15, 0.2) is 12.6 Å². The van der Waals surface area contributed by atoms with Crippen molar-refractivity contribution in [1.29, 1.82) is 0 Å². The highest BCUT2D eigenvalue weighted by atomic mass is 16.7. The molecule has 0 amide bonds. The molecule has 2 aliphatic heterocycles. The molecule has 4 rings (SSSR count). The SMILES string of the molecule is NC(=NC1CC(N)C(OC2OC(CNCC(O)CO)CCC2N)C(O)C1OC1OC(CO)C(O)C(N)C1O)C1(O)CC1. The van der Waals surface area contributed by atoms with E-state index in [1.54, 1.807) is 0 Å². The van der Waals surface area contributed by atoms with Crippen molar-refractivity contribution in [2.24, 2.45) is 27.9 Å². The molecule has 14 unspecified atom stereocenters. The van der Waals surface area contributed by atoms with Crippen LogP contribution in [0.25, 0.3) is 0 Å². The van der Waals surface area contributed by atoms with Crippen LogP contribution >= 0.6 is 0 Å². The fraction of sp³-hybridized carbons (Fsp3) is 0.960. The van der Waals surface area contributed by atoms with E-state index in [-0.39, 0.29) is 31.5 Å². The van der Waals surface area contributed by atoms with Crippen LogP contribution in [0.1, 0.15) is 32.1 Å². The normalized spacial score (nSPS) is 45.0. The summed E-state index contributed by atoms with van der Waals surface area (Å²) in [6.07, 6.45) is -9.32. The Morgan fingerprint density at radius 3 is 2.29 bits per heavy atom. The van der Waals surface area contributed by atoms with E-state index in [4.69, 9.17) is 47.0 Å². The second-order valence-corrected chi connectivity index (χ2v) is 11.9. The predicted octanol–water partition coefficient (Wildman–Crippen LogP) is -6.36. The van der Waals surface area contributed by atoms with Gasteiger partial charge in [-0.2, -0.15) is 0 Å². The summed E-state index contributed by atoms with van der Waals surface area (Å²) in [6.45, 7) is -0.435. The molecule has 17 heteroatoms. The number of aliphatic imine (C=N–C) groups is 1. The highest BCUT2D eigenvalue weighted by Crippen LogP contribution is 2.37. The predicted molar refractivity (Wildman–Crippen MR) is 146 cm³/mol. The summed E-state index contributed by atoms with van der Waals surface area (Å²) in [5.41, 5.74) is 23.5. The van der Waals surface area contributed by atoms with Crippen molar-refractivity contribution in [2.45, 2.75) is 123 Å². The number of amidine groups is 1. The molecule has 2 saturated carbocycles. The van der Waals surface area contributed by atoms with Crippen LogP contribution in [0.3, 0.4) is 0 Å². The van der Waals surface area contributed by atoms with Crippen molar-refractivity contribution in [3.63, 3.8) is 0 Å². The van der Waals surface area contributed by atoms with E-state index in [2.05, 4.69) is 10.3 Å². The van der Waals surface area contributed by atoms with Crippen LogP contribution in [0.4, 0.5) is 0 Å². The van der Waals surface area contributed by atoms with Gasteiger partial charge in [0.1, 0.15) is 48.1 Å². The summed E-state index contributed by atoms with van der Waals surface area (Å²) in [7, 11) is 0. The Morgan fingerprint density at radius 1 is 0.952 bits per heavy atom. The highest BCUT2D eigenvalue weighted by Gasteiger charge is 2.52. The lowest BCUT2D eigenvalue weighted by Gasteiger charge is -2.47. The summed E-state index contributed by atoms with van der Waals surface area (Å²) in [4.78, 5) is 4.43. The molecule has 4 fully saturated rings. The topological polar surface area (TPSA) is 307 Å². The summed E-state index contributed by atoms with van der Waals surface area (Å²) < 4.78 is 23.8. The highest BCUT2D eigenvalue weighted by molar-refractivity contribution is 5.91. The maximum absolute atomic E-state index is 11.5. The number of rotatable bonds is 12. The Labute approximate surface area is 243 Å². The quantitative estimate of drug-likeness (QED) is 0.0724. The minimum atomic E-state index is -1.52. The number of nitrogens with two attached hydrogens (primary N) is 4. The Hall–Kier alpha value is -1.13. The van der Waals surface area contributed by atoms with Crippen molar-refractivity contribution in [1.82, 2.24) is 5.32 Å². The fourth-order valence-electron chi connectivity index (χ4n) is 5.54. The van der Waals surface area contributed by atoms with Crippen LogP contribution in [0, 0.1) is 0 Å². The number of ether oxygens (including phenoxy) is 4. The van der Waals surface area contributed by atoms with Gasteiger partial charge in [0, 0.05) is 19.1 Å². The largest absolute Gasteiger partial charge is 0.394 e. The van der Waals surface area contributed by atoms with Crippen molar-refractivity contribution in [2.75, 3.05) is 26.3 Å². The first kappa shape index (κ1) is 33.8. The fourth-order valence-corrected chi connectivity index (χ4v) is 5.54. The molecule has 4 aliphatic rings. The first-order valence-electron chi connectivity index (χ1n) is 14.5. The molecule has 244 valence electrons. The lowest BCUT2D eigenvalue weighted by atomic mass is 9.83. The van der Waals surface area contributed by atoms with Gasteiger partial charge in [-0.05, 0) is 32.1 Å². The van der Waals surface area contributed by atoms with E-state index >= 15 is 0 Å². The van der Waals surface area contributed by atoms with E-state index in [1.807, 2.05) is 0 Å². The Morgan fingerprint density at radius 2 is 1.64 bits per heavy atom. The Balaban J connectivity index is 1.49. The molecular formula is C25H48N6O11. The van der Waals surface area contributed by atoms with Crippen molar-refractivity contribution in [3.8, 4) is 0 Å². The van der Waals surface area contributed by atoms with Crippen LogP contribution in [0.2, 0.25) is 0 Å². The van der Waals surface area contributed by atoms with Crippen LogP contribution in [-0.4, -0.2) is 159 Å². The van der Waals surface area contributed by atoms with Crippen molar-refractivity contribution >= 4 is 5.84 Å². The third kappa shape index (κ3) is 7.74. The van der Waals surface area contributed by atoms with Gasteiger partial charge in [-0.3, -0.25) is 4.99 Å². The molecule has 0 aromatic heterocycles. The summed E-state index contributed by atoms with van der Waals surface area (Å²) in [5.74, 6) is -0.0374. The summed E-state index contributed by atoms with van der Waals surface area (Å²) in [5, 5.41) is 74.1. The third-order valence-electron chi connectivity index (χ3n) is 8.47. The van der Waals surface area contributed by atoms with E-state index in [1.165, 1.54) is 0 Å². The molecule has 17 nitrogen and oxygen atoms in total. The van der Waals surface area contributed by atoms with Gasteiger partial charge >= 0.3 is 0 Å². The smallest absolute Gasteiger partial charge is 0.186 e. The number of aliphatic hydroxyl groups excluding tert-OH is 6. The average Bonchev–Trinajstić information content (AvgIpc) is 3.72. The minimum absolute atomic E-state index is 0.0374. The molecule has 16 N–H and O–H groups in total. The van der Waals surface area contributed by atoms with Gasteiger partial charge in [0.25, 0.3) is 0 Å². The Bertz CT molecular complexity index is 901.